The fraction of sp³-hybridized carbons (Fsp3) is 0.217. The average Bonchev–Trinajstić information content (AvgIpc) is 3.31. The van der Waals surface area contributed by atoms with E-state index in [-0.39, 0.29) is 34.5 Å². The maximum absolute atomic E-state index is 13.0. The number of carbonyl (C=O) groups excluding carboxylic acids is 3. The molecule has 0 saturated carbocycles. The summed E-state index contributed by atoms with van der Waals surface area (Å²) in [5.74, 6) is -2.31. The first-order chi connectivity index (χ1) is 17.8. The summed E-state index contributed by atoms with van der Waals surface area (Å²) >= 11 is 2.45. The number of aromatic nitrogens is 2. The number of rotatable bonds is 7. The van der Waals surface area contributed by atoms with Gasteiger partial charge in [-0.15, -0.1) is 23.1 Å². The molecular weight excluding hydrogens is 520 g/mol. The third kappa shape index (κ3) is 4.44. The molecule has 2 amide bonds. The van der Waals surface area contributed by atoms with Crippen LogP contribution in [0.2, 0.25) is 0 Å². The Labute approximate surface area is 218 Å². The van der Waals surface area contributed by atoms with Gasteiger partial charge in [-0.1, -0.05) is 11.2 Å². The van der Waals surface area contributed by atoms with Gasteiger partial charge in [0.05, 0.1) is 11.7 Å². The maximum Gasteiger partial charge on any atom is 0.276 e. The number of carboxylic acids is 1. The number of phenolic OH excluding ortho intramolecular Hbond substituents is 1. The van der Waals surface area contributed by atoms with E-state index < -0.39 is 29.2 Å². The Kier molecular flexibility index (Phi) is 6.43. The van der Waals surface area contributed by atoms with Crippen LogP contribution in [0.3, 0.4) is 0 Å². The summed E-state index contributed by atoms with van der Waals surface area (Å²) in [7, 11) is 1.27. The van der Waals surface area contributed by atoms with Gasteiger partial charge in [0.25, 0.3) is 11.8 Å². The van der Waals surface area contributed by atoms with E-state index in [1.165, 1.54) is 24.3 Å². The van der Waals surface area contributed by atoms with Crippen LogP contribution in [0.15, 0.2) is 58.5 Å². The first kappa shape index (κ1) is 24.5. The largest absolute Gasteiger partial charge is 0.543 e. The van der Waals surface area contributed by atoms with Gasteiger partial charge in [-0.05, 0) is 12.1 Å². The van der Waals surface area contributed by atoms with E-state index in [0.717, 1.165) is 21.6 Å². The molecule has 2 atom stereocenters. The zero-order valence-electron chi connectivity index (χ0n) is 19.3. The second kappa shape index (κ2) is 9.71. The SMILES string of the molecule is CO/N=C(\C(=O)N[C@@H]1C(=O)N2C(C(=O)[O-])=C(C[n+]3ccc4c(O)cccc4c3)CS[C@H]12)c1csc(N)n1. The lowest BCUT2D eigenvalue weighted by molar-refractivity contribution is -0.687. The van der Waals surface area contributed by atoms with Crippen LogP contribution in [-0.2, 0) is 25.8 Å². The standard InChI is InChI=1S/C23H20N6O6S2/c1-35-27-16(14-10-37-23(24)25-14)19(31)26-17-20(32)29-18(22(33)34)12(9-36-21(17)29)8-28-6-5-13-11(7-28)3-2-4-15(13)30/h2-7,10,17,21H,8-9H2,1H3,(H4-,24,25,26,30,31,33,34)/b27-16-/t17-,21-/m1/s1. The molecule has 190 valence electrons. The second-order valence-corrected chi connectivity index (χ2v) is 10.2. The molecule has 2 aromatic heterocycles. The molecule has 0 aliphatic carbocycles. The molecule has 3 aromatic rings. The summed E-state index contributed by atoms with van der Waals surface area (Å²) in [4.78, 5) is 47.9. The predicted octanol–water partition coefficient (Wildman–Crippen LogP) is -0.674. The molecule has 4 heterocycles. The Hall–Kier alpha value is -4.17. The van der Waals surface area contributed by atoms with Gasteiger partial charge in [0.1, 0.15) is 30.0 Å². The first-order valence-electron chi connectivity index (χ1n) is 10.9. The van der Waals surface area contributed by atoms with Gasteiger partial charge in [-0.3, -0.25) is 14.5 Å². The van der Waals surface area contributed by atoms with Crippen LogP contribution in [0, 0.1) is 0 Å². The molecule has 12 nitrogen and oxygen atoms in total. The molecule has 2 aliphatic heterocycles. The lowest BCUT2D eigenvalue weighted by Gasteiger charge is -2.50. The highest BCUT2D eigenvalue weighted by Gasteiger charge is 2.53. The molecule has 5 rings (SSSR count). The summed E-state index contributed by atoms with van der Waals surface area (Å²) in [6.07, 6.45) is 3.51. The number of nitrogens with two attached hydrogens (primary N) is 1. The first-order valence-corrected chi connectivity index (χ1v) is 12.8. The fourth-order valence-corrected chi connectivity index (χ4v) is 6.15. The van der Waals surface area contributed by atoms with Crippen LogP contribution in [0.25, 0.3) is 10.8 Å². The van der Waals surface area contributed by atoms with Gasteiger partial charge < -0.3 is 30.9 Å². The van der Waals surface area contributed by atoms with Crippen molar-refractivity contribution >= 4 is 62.5 Å². The number of fused-ring (bicyclic) bond motifs is 2. The summed E-state index contributed by atoms with van der Waals surface area (Å²) in [6.45, 7) is 0.200. The maximum atomic E-state index is 13.0. The molecular formula is C23H20N6O6S2. The van der Waals surface area contributed by atoms with Crippen molar-refractivity contribution in [2.75, 3.05) is 18.6 Å². The van der Waals surface area contributed by atoms with E-state index in [9.17, 15) is 24.6 Å². The minimum absolute atomic E-state index is 0.145. The van der Waals surface area contributed by atoms with Crippen LogP contribution in [0.4, 0.5) is 5.13 Å². The molecule has 1 fully saturated rings. The monoisotopic (exact) mass is 540 g/mol. The number of nitrogens with one attached hydrogen (secondary N) is 1. The number of amides is 2. The number of hydrogen-bond acceptors (Lipinski definition) is 11. The molecule has 37 heavy (non-hydrogen) atoms. The molecule has 0 spiro atoms. The van der Waals surface area contributed by atoms with Crippen LogP contribution in [0.5, 0.6) is 5.75 Å². The number of oxime groups is 1. The van der Waals surface area contributed by atoms with Gasteiger partial charge in [-0.25, -0.2) is 9.55 Å². The molecule has 4 N–H and O–H groups in total. The molecule has 14 heteroatoms. The number of phenols is 1. The number of hydrogen-bond donors (Lipinski definition) is 3. The second-order valence-electron chi connectivity index (χ2n) is 8.19. The Morgan fingerprint density at radius 3 is 2.92 bits per heavy atom. The lowest BCUT2D eigenvalue weighted by Crippen LogP contribution is -2.71. The minimum Gasteiger partial charge on any atom is -0.543 e. The number of carboxylic acid groups (broad SMARTS) is 1. The van der Waals surface area contributed by atoms with Gasteiger partial charge in [0.2, 0.25) is 0 Å². The van der Waals surface area contributed by atoms with Crippen molar-refractivity contribution in [3.63, 3.8) is 0 Å². The van der Waals surface area contributed by atoms with E-state index in [1.54, 1.807) is 35.2 Å². The number of carbonyl (C=O) groups is 3. The smallest absolute Gasteiger partial charge is 0.276 e. The Morgan fingerprint density at radius 2 is 2.22 bits per heavy atom. The zero-order chi connectivity index (χ0) is 26.3. The summed E-state index contributed by atoms with van der Waals surface area (Å²) in [5, 5.41) is 31.0. The number of aromatic hydroxyl groups is 1. The van der Waals surface area contributed by atoms with Gasteiger partial charge in [0, 0.05) is 33.5 Å². The van der Waals surface area contributed by atoms with E-state index >= 15 is 0 Å². The number of nitrogen functional groups attached to an aromatic ring is 1. The Balaban J connectivity index is 1.36. The Bertz CT molecular complexity index is 1500. The van der Waals surface area contributed by atoms with Crippen molar-refractivity contribution in [3.05, 3.63) is 59.0 Å². The van der Waals surface area contributed by atoms with E-state index in [2.05, 4.69) is 15.5 Å². The molecule has 1 saturated heterocycles. The van der Waals surface area contributed by atoms with Crippen molar-refractivity contribution in [2.24, 2.45) is 5.16 Å². The van der Waals surface area contributed by atoms with Crippen molar-refractivity contribution in [1.29, 1.82) is 0 Å². The minimum atomic E-state index is -1.47. The molecule has 2 aliphatic rings. The van der Waals surface area contributed by atoms with Crippen molar-refractivity contribution in [2.45, 2.75) is 18.0 Å². The fourth-order valence-electron chi connectivity index (χ4n) is 4.27. The quantitative estimate of drug-likeness (QED) is 0.152. The van der Waals surface area contributed by atoms with E-state index in [4.69, 9.17) is 10.6 Å². The number of nitrogens with zero attached hydrogens (tertiary/aromatic N) is 4. The highest BCUT2D eigenvalue weighted by molar-refractivity contribution is 8.00. The number of β-lactam (4-membered cyclic amide) rings is 1. The number of thioether (sulfide) groups is 1. The van der Waals surface area contributed by atoms with E-state index in [0.29, 0.717) is 16.7 Å². The normalized spacial score (nSPS) is 19.4. The van der Waals surface area contributed by atoms with Gasteiger partial charge in [-0.2, -0.15) is 0 Å². The van der Waals surface area contributed by atoms with Gasteiger partial charge in [0.15, 0.2) is 29.8 Å². The lowest BCUT2D eigenvalue weighted by atomic mass is 10.0. The predicted molar refractivity (Wildman–Crippen MR) is 133 cm³/mol. The number of aliphatic carboxylic acids is 1. The third-order valence-electron chi connectivity index (χ3n) is 5.92. The number of thiazole rings is 1. The number of benzene rings is 1. The van der Waals surface area contributed by atoms with Crippen LogP contribution < -0.4 is 20.7 Å². The number of anilines is 1. The van der Waals surface area contributed by atoms with Crippen LogP contribution >= 0.6 is 23.1 Å². The summed E-state index contributed by atoms with van der Waals surface area (Å²) < 4.78 is 1.78. The summed E-state index contributed by atoms with van der Waals surface area (Å²) in [6, 6.07) is 5.90. The van der Waals surface area contributed by atoms with E-state index in [1.807, 2.05) is 6.07 Å². The molecule has 0 radical (unpaired) electrons. The Morgan fingerprint density at radius 1 is 1.41 bits per heavy atom. The van der Waals surface area contributed by atoms with Crippen molar-refractivity contribution in [1.82, 2.24) is 15.2 Å². The zero-order valence-corrected chi connectivity index (χ0v) is 20.9. The van der Waals surface area contributed by atoms with Crippen LogP contribution in [0.1, 0.15) is 5.69 Å². The van der Waals surface area contributed by atoms with Gasteiger partial charge >= 0.3 is 0 Å². The highest BCUT2D eigenvalue weighted by Crippen LogP contribution is 2.40. The molecule has 0 bridgehead atoms. The summed E-state index contributed by atoms with van der Waals surface area (Å²) in [5.41, 5.74) is 5.96. The van der Waals surface area contributed by atoms with Crippen molar-refractivity contribution in [3.8, 4) is 5.75 Å². The number of pyridine rings is 1. The molecule has 0 unspecified atom stereocenters. The molecule has 1 aromatic carbocycles. The average molecular weight is 541 g/mol. The highest BCUT2D eigenvalue weighted by atomic mass is 32.2. The topological polar surface area (TPSA) is 174 Å². The van der Waals surface area contributed by atoms with Crippen molar-refractivity contribution < 1.29 is 34.0 Å². The van der Waals surface area contributed by atoms with Crippen LogP contribution in [-0.4, -0.2) is 62.8 Å². The third-order valence-corrected chi connectivity index (χ3v) is 7.93.